The highest BCUT2D eigenvalue weighted by atomic mass is 16.7. The van der Waals surface area contributed by atoms with Crippen LogP contribution in [0.5, 0.6) is 0 Å². The third-order valence-corrected chi connectivity index (χ3v) is 4.76. The number of ether oxygens (including phenoxy) is 3. The van der Waals surface area contributed by atoms with Crippen LogP contribution in [0.4, 0.5) is 0 Å². The van der Waals surface area contributed by atoms with Gasteiger partial charge in [0.05, 0.1) is 13.2 Å². The van der Waals surface area contributed by atoms with E-state index < -0.39 is 6.10 Å². The molecule has 0 saturated carbocycles. The maximum atomic E-state index is 12.5. The molecule has 0 aromatic heterocycles. The first-order valence-electron chi connectivity index (χ1n) is 8.20. The highest BCUT2D eigenvalue weighted by Gasteiger charge is 2.51. The molecule has 3 aliphatic heterocycles. The zero-order chi connectivity index (χ0) is 15.5. The van der Waals surface area contributed by atoms with Crippen molar-refractivity contribution in [3.63, 3.8) is 0 Å². The molecule has 22 heavy (non-hydrogen) atoms. The Balaban J connectivity index is 1.74. The quantitative estimate of drug-likeness (QED) is 0.435. The van der Waals surface area contributed by atoms with Gasteiger partial charge in [0.2, 0.25) is 0 Å². The molecular formula is C16H26N2O4. The van der Waals surface area contributed by atoms with Gasteiger partial charge in [-0.05, 0) is 32.6 Å². The van der Waals surface area contributed by atoms with E-state index in [1.54, 1.807) is 7.11 Å². The molecule has 3 heterocycles. The molecule has 0 aromatic carbocycles. The van der Waals surface area contributed by atoms with Gasteiger partial charge in [-0.3, -0.25) is 9.80 Å². The number of carbonyl (C=O) groups is 1. The average Bonchev–Trinajstić information content (AvgIpc) is 2.94. The van der Waals surface area contributed by atoms with E-state index in [1.165, 1.54) is 5.57 Å². The topological polar surface area (TPSA) is 51.2 Å². The molecule has 3 saturated heterocycles. The van der Waals surface area contributed by atoms with Crippen molar-refractivity contribution in [3.05, 3.63) is 11.6 Å². The lowest BCUT2D eigenvalue weighted by Gasteiger charge is -2.50. The predicted octanol–water partition coefficient (Wildman–Crippen LogP) is 1.32. The van der Waals surface area contributed by atoms with E-state index in [2.05, 4.69) is 18.0 Å². The summed E-state index contributed by atoms with van der Waals surface area (Å²) in [6.45, 7) is 4.84. The van der Waals surface area contributed by atoms with Gasteiger partial charge < -0.3 is 14.2 Å². The van der Waals surface area contributed by atoms with Gasteiger partial charge in [-0.15, -0.1) is 0 Å². The molecule has 124 valence electrons. The SMILES string of the molecule is COCOC1C(=O)N(N2CCCC2C)C1C=C1CCOCC1. The van der Waals surface area contributed by atoms with E-state index in [0.29, 0.717) is 6.04 Å². The van der Waals surface area contributed by atoms with Gasteiger partial charge in [0, 0.05) is 19.7 Å². The predicted molar refractivity (Wildman–Crippen MR) is 80.9 cm³/mol. The van der Waals surface area contributed by atoms with Crippen molar-refractivity contribution in [2.45, 2.75) is 50.8 Å². The lowest BCUT2D eigenvalue weighted by Crippen LogP contribution is -2.70. The molecule has 0 N–H and O–H groups in total. The van der Waals surface area contributed by atoms with Crippen LogP contribution >= 0.6 is 0 Å². The second-order valence-electron chi connectivity index (χ2n) is 6.26. The fourth-order valence-electron chi connectivity index (χ4n) is 3.52. The van der Waals surface area contributed by atoms with Gasteiger partial charge in [0.1, 0.15) is 12.8 Å². The summed E-state index contributed by atoms with van der Waals surface area (Å²) in [4.78, 5) is 12.5. The van der Waals surface area contributed by atoms with Crippen molar-refractivity contribution in [1.82, 2.24) is 10.0 Å². The first-order valence-corrected chi connectivity index (χ1v) is 8.20. The largest absolute Gasteiger partial charge is 0.381 e. The van der Waals surface area contributed by atoms with Gasteiger partial charge in [0.15, 0.2) is 6.10 Å². The van der Waals surface area contributed by atoms with Crippen LogP contribution in [0.15, 0.2) is 11.6 Å². The van der Waals surface area contributed by atoms with Crippen LogP contribution in [-0.4, -0.2) is 67.8 Å². The van der Waals surface area contributed by atoms with Crippen LogP contribution in [0, 0.1) is 0 Å². The summed E-state index contributed by atoms with van der Waals surface area (Å²) in [5.74, 6) is 0.0553. The summed E-state index contributed by atoms with van der Waals surface area (Å²) in [6, 6.07) is 0.416. The lowest BCUT2D eigenvalue weighted by atomic mass is 9.94. The zero-order valence-corrected chi connectivity index (χ0v) is 13.5. The van der Waals surface area contributed by atoms with Gasteiger partial charge in [-0.25, -0.2) is 5.01 Å². The number of hydrazine groups is 1. The normalized spacial score (nSPS) is 33.2. The van der Waals surface area contributed by atoms with Crippen molar-refractivity contribution in [2.24, 2.45) is 0 Å². The summed E-state index contributed by atoms with van der Waals surface area (Å²) in [5.41, 5.74) is 1.37. The number of hydrogen-bond donors (Lipinski definition) is 0. The minimum atomic E-state index is -0.414. The van der Waals surface area contributed by atoms with Gasteiger partial charge in [-0.2, -0.15) is 0 Å². The number of nitrogens with zero attached hydrogens (tertiary/aromatic N) is 2. The molecule has 0 spiro atoms. The molecule has 0 aromatic rings. The molecule has 0 aliphatic carbocycles. The molecule has 0 bridgehead atoms. The standard InChI is InChI=1S/C16H26N2O4/c1-12-4-3-7-17(12)18-14(10-13-5-8-21-9-6-13)15(16(18)19)22-11-20-2/h10,12,14-15H,3-9,11H2,1-2H3. The number of β-lactam (4-membered cyclic amide) rings is 1. The van der Waals surface area contributed by atoms with Crippen molar-refractivity contribution >= 4 is 5.91 Å². The van der Waals surface area contributed by atoms with Crippen LogP contribution in [0.3, 0.4) is 0 Å². The van der Waals surface area contributed by atoms with Crippen LogP contribution in [0.25, 0.3) is 0 Å². The second kappa shape index (κ2) is 7.08. The lowest BCUT2D eigenvalue weighted by molar-refractivity contribution is -0.216. The monoisotopic (exact) mass is 310 g/mol. The van der Waals surface area contributed by atoms with Crippen molar-refractivity contribution in [3.8, 4) is 0 Å². The third-order valence-electron chi connectivity index (χ3n) is 4.76. The molecule has 6 heteroatoms. The summed E-state index contributed by atoms with van der Waals surface area (Å²) < 4.78 is 16.0. The second-order valence-corrected chi connectivity index (χ2v) is 6.26. The van der Waals surface area contributed by atoms with E-state index in [-0.39, 0.29) is 18.7 Å². The van der Waals surface area contributed by atoms with Crippen LogP contribution in [-0.2, 0) is 19.0 Å². The highest BCUT2D eigenvalue weighted by molar-refractivity contribution is 5.88. The first kappa shape index (κ1) is 15.9. The molecule has 1 amide bonds. The summed E-state index contributed by atoms with van der Waals surface area (Å²) in [7, 11) is 1.58. The number of methoxy groups -OCH3 is 1. The van der Waals surface area contributed by atoms with Crippen molar-refractivity contribution in [2.75, 3.05) is 33.7 Å². The number of amides is 1. The van der Waals surface area contributed by atoms with E-state index in [1.807, 2.05) is 5.01 Å². The molecule has 0 radical (unpaired) electrons. The molecule has 3 aliphatic rings. The summed E-state index contributed by atoms with van der Waals surface area (Å²) >= 11 is 0. The van der Waals surface area contributed by atoms with Crippen LogP contribution in [0.2, 0.25) is 0 Å². The molecular weight excluding hydrogens is 284 g/mol. The molecule has 6 nitrogen and oxygen atoms in total. The molecule has 3 fully saturated rings. The summed E-state index contributed by atoms with van der Waals surface area (Å²) in [6.07, 6.45) is 5.99. The number of rotatable bonds is 5. The fraction of sp³-hybridized carbons (Fsp3) is 0.812. The van der Waals surface area contributed by atoms with Gasteiger partial charge in [0.25, 0.3) is 5.91 Å². The van der Waals surface area contributed by atoms with Crippen molar-refractivity contribution < 1.29 is 19.0 Å². The van der Waals surface area contributed by atoms with Gasteiger partial charge in [-0.1, -0.05) is 11.6 Å². The number of carbonyl (C=O) groups excluding carboxylic acids is 1. The van der Waals surface area contributed by atoms with Gasteiger partial charge >= 0.3 is 0 Å². The van der Waals surface area contributed by atoms with Crippen LogP contribution in [0.1, 0.15) is 32.6 Å². The van der Waals surface area contributed by atoms with Crippen LogP contribution < -0.4 is 0 Å². The Bertz CT molecular complexity index is 432. The maximum absolute atomic E-state index is 12.5. The minimum Gasteiger partial charge on any atom is -0.381 e. The van der Waals surface area contributed by atoms with E-state index in [0.717, 1.165) is 45.4 Å². The Labute approximate surface area is 131 Å². The van der Waals surface area contributed by atoms with Crippen molar-refractivity contribution in [1.29, 1.82) is 0 Å². The fourth-order valence-corrected chi connectivity index (χ4v) is 3.52. The number of hydrogen-bond acceptors (Lipinski definition) is 5. The Morgan fingerprint density at radius 3 is 2.77 bits per heavy atom. The minimum absolute atomic E-state index is 0.00343. The average molecular weight is 310 g/mol. The smallest absolute Gasteiger partial charge is 0.269 e. The van der Waals surface area contributed by atoms with E-state index in [4.69, 9.17) is 14.2 Å². The van der Waals surface area contributed by atoms with E-state index in [9.17, 15) is 4.79 Å². The zero-order valence-electron chi connectivity index (χ0n) is 13.5. The third kappa shape index (κ3) is 3.06. The Hall–Kier alpha value is -0.950. The first-order chi connectivity index (χ1) is 10.7. The molecule has 3 unspecified atom stereocenters. The molecule has 3 rings (SSSR count). The maximum Gasteiger partial charge on any atom is 0.269 e. The molecule has 3 atom stereocenters. The summed E-state index contributed by atoms with van der Waals surface area (Å²) in [5, 5.41) is 4.11. The Morgan fingerprint density at radius 2 is 2.14 bits per heavy atom. The highest BCUT2D eigenvalue weighted by Crippen LogP contribution is 2.33. The Morgan fingerprint density at radius 1 is 1.36 bits per heavy atom. The Kier molecular flexibility index (Phi) is 5.13. The van der Waals surface area contributed by atoms with E-state index >= 15 is 0 Å².